The van der Waals surface area contributed by atoms with Crippen LogP contribution >= 0.6 is 11.6 Å². The fraction of sp³-hybridized carbons (Fsp3) is 0.0833. The predicted molar refractivity (Wildman–Crippen MR) is 71.5 cm³/mol. The molecule has 2 aromatic rings. The van der Waals surface area contributed by atoms with Crippen molar-refractivity contribution in [3.63, 3.8) is 0 Å². The van der Waals surface area contributed by atoms with Crippen LogP contribution in [0.4, 0.5) is 18.9 Å². The van der Waals surface area contributed by atoms with Crippen molar-refractivity contribution in [2.24, 2.45) is 0 Å². The Hall–Kier alpha value is -1.80. The second-order valence-electron chi connectivity index (χ2n) is 3.95. The van der Waals surface area contributed by atoms with Gasteiger partial charge >= 0.3 is 6.18 Å². The summed E-state index contributed by atoms with van der Waals surface area (Å²) in [6, 6.07) is 5.19. The first kappa shape index (κ1) is 15.6. The Morgan fingerprint density at radius 2 is 1.81 bits per heavy atom. The third kappa shape index (κ3) is 3.45. The van der Waals surface area contributed by atoms with E-state index in [-0.39, 0.29) is 10.7 Å². The summed E-state index contributed by atoms with van der Waals surface area (Å²) >= 11 is 5.76. The van der Waals surface area contributed by atoms with E-state index >= 15 is 0 Å². The molecule has 1 aromatic heterocycles. The summed E-state index contributed by atoms with van der Waals surface area (Å²) in [7, 11) is -4.44. The van der Waals surface area contributed by atoms with Gasteiger partial charge in [-0.05, 0) is 18.2 Å². The molecule has 0 bridgehead atoms. The average Bonchev–Trinajstić information content (AvgIpc) is 2.40. The number of sulfonamides is 1. The molecule has 0 aliphatic carbocycles. The molecule has 0 atom stereocenters. The van der Waals surface area contributed by atoms with Crippen molar-refractivity contribution < 1.29 is 21.6 Å². The average molecular weight is 337 g/mol. The SMILES string of the molecule is O=S(=O)(Nc1cnccc1Cl)c1ccccc1C(F)(F)F. The summed E-state index contributed by atoms with van der Waals surface area (Å²) in [5.74, 6) is 0. The van der Waals surface area contributed by atoms with Crippen LogP contribution in [-0.4, -0.2) is 13.4 Å². The maximum Gasteiger partial charge on any atom is 0.417 e. The summed E-state index contributed by atoms with van der Waals surface area (Å²) in [5, 5.41) is 0.0260. The molecule has 1 N–H and O–H groups in total. The van der Waals surface area contributed by atoms with Gasteiger partial charge in [-0.3, -0.25) is 9.71 Å². The quantitative estimate of drug-likeness (QED) is 0.932. The van der Waals surface area contributed by atoms with Gasteiger partial charge in [0.25, 0.3) is 10.0 Å². The van der Waals surface area contributed by atoms with Crippen molar-refractivity contribution in [1.82, 2.24) is 4.98 Å². The number of hydrogen-bond donors (Lipinski definition) is 1. The minimum Gasteiger partial charge on any atom is -0.277 e. The van der Waals surface area contributed by atoms with Crippen LogP contribution in [-0.2, 0) is 16.2 Å². The zero-order valence-electron chi connectivity index (χ0n) is 10.2. The van der Waals surface area contributed by atoms with Gasteiger partial charge in [-0.25, -0.2) is 8.42 Å². The number of rotatable bonds is 3. The highest BCUT2D eigenvalue weighted by molar-refractivity contribution is 7.92. The normalized spacial score (nSPS) is 12.2. The monoisotopic (exact) mass is 336 g/mol. The minimum absolute atomic E-state index is 0.0260. The van der Waals surface area contributed by atoms with E-state index in [2.05, 4.69) is 4.98 Å². The molecular weight excluding hydrogens is 329 g/mol. The summed E-state index contributed by atoms with van der Waals surface area (Å²) in [6.07, 6.45) is -2.36. The molecule has 0 fully saturated rings. The molecule has 21 heavy (non-hydrogen) atoms. The summed E-state index contributed by atoms with van der Waals surface area (Å²) in [6.45, 7) is 0. The van der Waals surface area contributed by atoms with Crippen molar-refractivity contribution >= 4 is 27.3 Å². The molecule has 1 aromatic carbocycles. The Morgan fingerprint density at radius 3 is 2.43 bits per heavy atom. The van der Waals surface area contributed by atoms with Crippen LogP contribution < -0.4 is 4.72 Å². The zero-order valence-corrected chi connectivity index (χ0v) is 11.8. The van der Waals surface area contributed by atoms with Crippen LogP contribution in [0.3, 0.4) is 0 Å². The van der Waals surface area contributed by atoms with Gasteiger partial charge in [-0.1, -0.05) is 23.7 Å². The Morgan fingerprint density at radius 1 is 1.14 bits per heavy atom. The molecule has 2 rings (SSSR count). The maximum atomic E-state index is 12.9. The largest absolute Gasteiger partial charge is 0.417 e. The van der Waals surface area contributed by atoms with E-state index in [9.17, 15) is 21.6 Å². The second-order valence-corrected chi connectivity index (χ2v) is 6.01. The van der Waals surface area contributed by atoms with E-state index in [0.29, 0.717) is 6.07 Å². The summed E-state index contributed by atoms with van der Waals surface area (Å²) in [5.41, 5.74) is -1.35. The number of nitrogens with zero attached hydrogens (tertiary/aromatic N) is 1. The van der Waals surface area contributed by atoms with Gasteiger partial charge in [0.1, 0.15) is 0 Å². The van der Waals surface area contributed by atoms with Crippen molar-refractivity contribution in [1.29, 1.82) is 0 Å². The van der Waals surface area contributed by atoms with Crippen molar-refractivity contribution in [3.8, 4) is 0 Å². The number of nitrogens with one attached hydrogen (secondary N) is 1. The molecule has 0 saturated carbocycles. The number of pyridine rings is 1. The predicted octanol–water partition coefficient (Wildman–Crippen LogP) is 3.55. The second kappa shape index (κ2) is 5.53. The lowest BCUT2D eigenvalue weighted by Gasteiger charge is -2.14. The van der Waals surface area contributed by atoms with E-state index in [4.69, 9.17) is 11.6 Å². The fourth-order valence-electron chi connectivity index (χ4n) is 1.59. The molecule has 0 spiro atoms. The van der Waals surface area contributed by atoms with Crippen LogP contribution in [0.5, 0.6) is 0 Å². The zero-order chi connectivity index (χ0) is 15.7. The van der Waals surface area contributed by atoms with Gasteiger partial charge in [0.05, 0.1) is 27.4 Å². The molecule has 0 aliphatic heterocycles. The standard InChI is InChI=1S/C12H8ClF3N2O2S/c13-9-5-6-17-7-10(9)18-21(19,20)11-4-2-1-3-8(11)12(14,15)16/h1-7,18H. The Bertz CT molecular complexity index is 763. The third-order valence-electron chi connectivity index (χ3n) is 2.49. The number of halogens is 4. The first-order valence-corrected chi connectivity index (χ1v) is 7.36. The summed E-state index contributed by atoms with van der Waals surface area (Å²) < 4.78 is 64.8. The maximum absolute atomic E-state index is 12.9. The molecule has 0 amide bonds. The lowest BCUT2D eigenvalue weighted by Crippen LogP contribution is -2.19. The number of anilines is 1. The van der Waals surface area contributed by atoms with Gasteiger partial charge in [-0.2, -0.15) is 13.2 Å². The highest BCUT2D eigenvalue weighted by atomic mass is 35.5. The van der Waals surface area contributed by atoms with Crippen LogP contribution in [0.25, 0.3) is 0 Å². The molecule has 0 aliphatic rings. The molecule has 112 valence electrons. The molecule has 4 nitrogen and oxygen atoms in total. The molecule has 0 unspecified atom stereocenters. The smallest absolute Gasteiger partial charge is 0.277 e. The lowest BCUT2D eigenvalue weighted by molar-refractivity contribution is -0.139. The fourth-order valence-corrected chi connectivity index (χ4v) is 3.09. The van der Waals surface area contributed by atoms with Gasteiger partial charge < -0.3 is 0 Å². The van der Waals surface area contributed by atoms with Crippen molar-refractivity contribution in [2.45, 2.75) is 11.1 Å². The van der Waals surface area contributed by atoms with E-state index in [1.54, 1.807) is 0 Å². The number of aromatic nitrogens is 1. The number of hydrogen-bond acceptors (Lipinski definition) is 3. The van der Waals surface area contributed by atoms with Crippen molar-refractivity contribution in [2.75, 3.05) is 4.72 Å². The van der Waals surface area contributed by atoms with Gasteiger partial charge in [0.15, 0.2) is 0 Å². The topological polar surface area (TPSA) is 59.1 Å². The molecule has 9 heteroatoms. The first-order chi connectivity index (χ1) is 9.72. The number of alkyl halides is 3. The van der Waals surface area contributed by atoms with Crippen LogP contribution in [0, 0.1) is 0 Å². The first-order valence-electron chi connectivity index (χ1n) is 5.50. The summed E-state index contributed by atoms with van der Waals surface area (Å²) in [4.78, 5) is 2.78. The van der Waals surface area contributed by atoms with E-state index in [1.807, 2.05) is 4.72 Å². The Balaban J connectivity index is 2.49. The van der Waals surface area contributed by atoms with Crippen molar-refractivity contribution in [3.05, 3.63) is 53.3 Å². The molecule has 0 saturated heterocycles. The third-order valence-corrected chi connectivity index (χ3v) is 4.25. The van der Waals surface area contributed by atoms with Gasteiger partial charge in [0.2, 0.25) is 0 Å². The number of benzene rings is 1. The highest BCUT2D eigenvalue weighted by Crippen LogP contribution is 2.35. The van der Waals surface area contributed by atoms with E-state index in [0.717, 1.165) is 18.3 Å². The molecule has 1 heterocycles. The van der Waals surface area contributed by atoms with Crippen LogP contribution in [0.15, 0.2) is 47.6 Å². The van der Waals surface area contributed by atoms with E-state index in [1.165, 1.54) is 18.3 Å². The lowest BCUT2D eigenvalue weighted by atomic mass is 10.2. The molecule has 0 radical (unpaired) electrons. The Labute approximate surface area is 123 Å². The highest BCUT2D eigenvalue weighted by Gasteiger charge is 2.37. The van der Waals surface area contributed by atoms with Gasteiger partial charge in [0, 0.05) is 6.20 Å². The van der Waals surface area contributed by atoms with Gasteiger partial charge in [-0.15, -0.1) is 0 Å². The molecular formula is C12H8ClF3N2O2S. The van der Waals surface area contributed by atoms with Crippen LogP contribution in [0.1, 0.15) is 5.56 Å². The minimum atomic E-state index is -4.79. The Kier molecular flexibility index (Phi) is 4.11. The van der Waals surface area contributed by atoms with E-state index < -0.39 is 26.7 Å². The van der Waals surface area contributed by atoms with Crippen LogP contribution in [0.2, 0.25) is 5.02 Å².